The first kappa shape index (κ1) is 19.4. The molecule has 4 N–H and O–H groups in total. The second-order valence-corrected chi connectivity index (χ2v) is 6.26. The molecule has 4 nitrogen and oxygen atoms in total. The first-order valence-corrected chi connectivity index (χ1v) is 8.02. The summed E-state index contributed by atoms with van der Waals surface area (Å²) in [4.78, 5) is 11.9. The maximum atomic E-state index is 11.9. The van der Waals surface area contributed by atoms with Crippen molar-refractivity contribution >= 4 is 5.91 Å². The fourth-order valence-corrected chi connectivity index (χ4v) is 2.50. The topological polar surface area (TPSA) is 75.3 Å². The van der Waals surface area contributed by atoms with Crippen LogP contribution in [0.2, 0.25) is 0 Å². The molecule has 1 unspecified atom stereocenters. The molecular weight excluding hydrogens is 252 g/mol. The number of hydrogen-bond donors (Lipinski definition) is 3. The van der Waals surface area contributed by atoms with Gasteiger partial charge in [-0.1, -0.05) is 27.7 Å². The van der Waals surface area contributed by atoms with Crippen molar-refractivity contribution in [3.05, 3.63) is 0 Å². The van der Waals surface area contributed by atoms with Crippen LogP contribution in [0.1, 0.15) is 59.8 Å². The van der Waals surface area contributed by atoms with Gasteiger partial charge in [0.05, 0.1) is 6.61 Å². The molecule has 0 aromatic carbocycles. The Hall–Kier alpha value is -0.610. The van der Waals surface area contributed by atoms with E-state index in [-0.39, 0.29) is 17.9 Å². The molecule has 0 radical (unpaired) electrons. The summed E-state index contributed by atoms with van der Waals surface area (Å²) in [5.74, 6) is 1.17. The monoisotopic (exact) mass is 286 g/mol. The molecule has 0 heterocycles. The van der Waals surface area contributed by atoms with Crippen molar-refractivity contribution < 1.29 is 9.90 Å². The highest BCUT2D eigenvalue weighted by atomic mass is 16.3. The lowest BCUT2D eigenvalue weighted by molar-refractivity contribution is -0.122. The summed E-state index contributed by atoms with van der Waals surface area (Å²) in [5.41, 5.74) is 5.45. The molecule has 0 rings (SSSR count). The van der Waals surface area contributed by atoms with Crippen molar-refractivity contribution in [3.63, 3.8) is 0 Å². The standard InChI is InChI=1S/C16H34N2O2/c1-5-16(6-2,12-19)11-18-15(20)8-7-14(9-10-17)13(3)4/h13-14,19H,5-12,17H2,1-4H3,(H,18,20). The van der Waals surface area contributed by atoms with Gasteiger partial charge in [-0.05, 0) is 44.1 Å². The van der Waals surface area contributed by atoms with Gasteiger partial charge in [0, 0.05) is 18.4 Å². The fourth-order valence-electron chi connectivity index (χ4n) is 2.50. The van der Waals surface area contributed by atoms with E-state index in [1.54, 1.807) is 0 Å². The number of hydrogen-bond acceptors (Lipinski definition) is 3. The van der Waals surface area contributed by atoms with Gasteiger partial charge in [-0.15, -0.1) is 0 Å². The molecule has 20 heavy (non-hydrogen) atoms. The lowest BCUT2D eigenvalue weighted by Crippen LogP contribution is -2.39. The maximum Gasteiger partial charge on any atom is 0.220 e. The van der Waals surface area contributed by atoms with Crippen molar-refractivity contribution in [1.29, 1.82) is 0 Å². The summed E-state index contributed by atoms with van der Waals surface area (Å²) >= 11 is 0. The van der Waals surface area contributed by atoms with Crippen LogP contribution in [0.5, 0.6) is 0 Å². The lowest BCUT2D eigenvalue weighted by Gasteiger charge is -2.29. The molecular formula is C16H34N2O2. The van der Waals surface area contributed by atoms with Crippen molar-refractivity contribution in [2.24, 2.45) is 23.0 Å². The van der Waals surface area contributed by atoms with Gasteiger partial charge in [0.25, 0.3) is 0 Å². The van der Waals surface area contributed by atoms with Gasteiger partial charge >= 0.3 is 0 Å². The second-order valence-electron chi connectivity index (χ2n) is 6.26. The summed E-state index contributed by atoms with van der Waals surface area (Å²) in [5, 5.41) is 12.5. The highest BCUT2D eigenvalue weighted by molar-refractivity contribution is 5.75. The molecule has 0 saturated heterocycles. The maximum absolute atomic E-state index is 11.9. The number of carbonyl (C=O) groups excluding carboxylic acids is 1. The number of carbonyl (C=O) groups is 1. The SMILES string of the molecule is CCC(CC)(CO)CNC(=O)CCC(CCN)C(C)C. The molecule has 1 amide bonds. The molecule has 0 aromatic rings. The van der Waals surface area contributed by atoms with Crippen LogP contribution in [0.3, 0.4) is 0 Å². The van der Waals surface area contributed by atoms with E-state index in [2.05, 4.69) is 33.0 Å². The lowest BCUT2D eigenvalue weighted by atomic mass is 9.83. The van der Waals surface area contributed by atoms with Gasteiger partial charge in [-0.25, -0.2) is 0 Å². The quantitative estimate of drug-likeness (QED) is 0.545. The average Bonchev–Trinajstić information content (AvgIpc) is 2.45. The normalized spacial score (nSPS) is 13.6. The molecule has 0 aromatic heterocycles. The van der Waals surface area contributed by atoms with Gasteiger partial charge in [0.1, 0.15) is 0 Å². The number of rotatable bonds is 11. The molecule has 1 atom stereocenters. The van der Waals surface area contributed by atoms with Crippen LogP contribution < -0.4 is 11.1 Å². The molecule has 0 aliphatic rings. The van der Waals surface area contributed by atoms with E-state index in [0.29, 0.717) is 31.3 Å². The van der Waals surface area contributed by atoms with E-state index >= 15 is 0 Å². The van der Waals surface area contributed by atoms with E-state index in [1.165, 1.54) is 0 Å². The number of amides is 1. The van der Waals surface area contributed by atoms with Crippen LogP contribution in [0, 0.1) is 17.3 Å². The molecule has 0 saturated carbocycles. The first-order valence-electron chi connectivity index (χ1n) is 8.02. The Morgan fingerprint density at radius 1 is 1.25 bits per heavy atom. The Morgan fingerprint density at radius 2 is 1.85 bits per heavy atom. The second kappa shape index (κ2) is 10.2. The minimum Gasteiger partial charge on any atom is -0.396 e. The molecule has 0 bridgehead atoms. The highest BCUT2D eigenvalue weighted by Gasteiger charge is 2.25. The van der Waals surface area contributed by atoms with E-state index in [9.17, 15) is 9.90 Å². The average molecular weight is 286 g/mol. The molecule has 0 fully saturated rings. The van der Waals surface area contributed by atoms with E-state index in [1.807, 2.05) is 0 Å². The largest absolute Gasteiger partial charge is 0.396 e. The van der Waals surface area contributed by atoms with Gasteiger partial charge in [-0.2, -0.15) is 0 Å². The predicted octanol–water partition coefficient (Wildman–Crippen LogP) is 2.30. The summed E-state index contributed by atoms with van der Waals surface area (Å²) < 4.78 is 0. The molecule has 0 aliphatic carbocycles. The number of aliphatic hydroxyl groups excluding tert-OH is 1. The van der Waals surface area contributed by atoms with Crippen LogP contribution in [0.25, 0.3) is 0 Å². The van der Waals surface area contributed by atoms with Gasteiger partial charge in [-0.3, -0.25) is 4.79 Å². The van der Waals surface area contributed by atoms with Crippen LogP contribution in [0.4, 0.5) is 0 Å². The summed E-state index contributed by atoms with van der Waals surface area (Å²) in [6.07, 6.45) is 4.18. The smallest absolute Gasteiger partial charge is 0.220 e. The zero-order chi connectivity index (χ0) is 15.6. The minimum absolute atomic E-state index is 0.0902. The van der Waals surface area contributed by atoms with Crippen molar-refractivity contribution in [2.45, 2.75) is 59.8 Å². The van der Waals surface area contributed by atoms with Gasteiger partial charge in [0.15, 0.2) is 0 Å². The third-order valence-corrected chi connectivity index (χ3v) is 4.72. The van der Waals surface area contributed by atoms with Crippen LogP contribution in [-0.2, 0) is 4.79 Å². The molecule has 0 spiro atoms. The Labute approximate surface area is 124 Å². The first-order chi connectivity index (χ1) is 9.44. The van der Waals surface area contributed by atoms with Crippen LogP contribution in [0.15, 0.2) is 0 Å². The number of nitrogens with two attached hydrogens (primary N) is 1. The Bertz CT molecular complexity index is 255. The van der Waals surface area contributed by atoms with Crippen LogP contribution in [-0.4, -0.2) is 30.7 Å². The molecule has 120 valence electrons. The van der Waals surface area contributed by atoms with Crippen LogP contribution >= 0.6 is 0 Å². The van der Waals surface area contributed by atoms with E-state index in [4.69, 9.17) is 5.73 Å². The minimum atomic E-state index is -0.162. The summed E-state index contributed by atoms with van der Waals surface area (Å²) in [6.45, 7) is 9.86. The third-order valence-electron chi connectivity index (χ3n) is 4.72. The van der Waals surface area contributed by atoms with E-state index in [0.717, 1.165) is 25.7 Å². The highest BCUT2D eigenvalue weighted by Crippen LogP contribution is 2.24. The van der Waals surface area contributed by atoms with Crippen molar-refractivity contribution in [2.75, 3.05) is 19.7 Å². The zero-order valence-corrected chi connectivity index (χ0v) is 13.7. The molecule has 4 heteroatoms. The Morgan fingerprint density at radius 3 is 2.25 bits per heavy atom. The van der Waals surface area contributed by atoms with Gasteiger partial charge < -0.3 is 16.2 Å². The fraction of sp³-hybridized carbons (Fsp3) is 0.938. The molecule has 0 aliphatic heterocycles. The summed E-state index contributed by atoms with van der Waals surface area (Å²) in [6, 6.07) is 0. The van der Waals surface area contributed by atoms with Gasteiger partial charge in [0.2, 0.25) is 5.91 Å². The van der Waals surface area contributed by atoms with Crippen molar-refractivity contribution in [3.8, 4) is 0 Å². The van der Waals surface area contributed by atoms with Crippen molar-refractivity contribution in [1.82, 2.24) is 5.32 Å². The Kier molecular flexibility index (Phi) is 9.86. The number of nitrogens with one attached hydrogen (secondary N) is 1. The predicted molar refractivity (Wildman–Crippen MR) is 84.3 cm³/mol. The Balaban J connectivity index is 4.16. The summed E-state index contributed by atoms with van der Waals surface area (Å²) in [7, 11) is 0. The third kappa shape index (κ3) is 6.71. The zero-order valence-electron chi connectivity index (χ0n) is 13.7. The van der Waals surface area contributed by atoms with E-state index < -0.39 is 0 Å². The number of aliphatic hydroxyl groups is 1.